The summed E-state index contributed by atoms with van der Waals surface area (Å²) in [7, 11) is 1.94. The first-order valence-corrected chi connectivity index (χ1v) is 8.03. The molecule has 0 spiro atoms. The van der Waals surface area contributed by atoms with Crippen molar-refractivity contribution in [2.45, 2.75) is 51.9 Å². The lowest BCUT2D eigenvalue weighted by Gasteiger charge is -2.26. The summed E-state index contributed by atoms with van der Waals surface area (Å²) in [6.07, 6.45) is 5.38. The summed E-state index contributed by atoms with van der Waals surface area (Å²) >= 11 is 0. The Kier molecular flexibility index (Phi) is 4.61. The molecule has 0 aliphatic heterocycles. The molecule has 0 atom stereocenters. The molecule has 1 saturated carbocycles. The molecule has 114 valence electrons. The van der Waals surface area contributed by atoms with Gasteiger partial charge in [0, 0.05) is 10.9 Å². The van der Waals surface area contributed by atoms with Crippen molar-refractivity contribution in [1.29, 1.82) is 0 Å². The lowest BCUT2D eigenvalue weighted by atomic mass is 9.89. The molecule has 3 nitrogen and oxygen atoms in total. The van der Waals surface area contributed by atoms with Gasteiger partial charge in [-0.05, 0) is 44.7 Å². The van der Waals surface area contributed by atoms with Crippen LogP contribution in [0.1, 0.15) is 43.9 Å². The highest BCUT2D eigenvalue weighted by Crippen LogP contribution is 2.30. The molecule has 2 aromatic rings. The molecule has 3 rings (SSSR count). The lowest BCUT2D eigenvalue weighted by molar-refractivity contribution is 0.00860. The van der Waals surface area contributed by atoms with Crippen molar-refractivity contribution in [2.75, 3.05) is 7.05 Å². The van der Waals surface area contributed by atoms with Crippen LogP contribution < -0.4 is 5.32 Å². The maximum atomic E-state index is 6.18. The van der Waals surface area contributed by atoms with Crippen LogP contribution >= 0.6 is 0 Å². The van der Waals surface area contributed by atoms with Gasteiger partial charge in [0.25, 0.3) is 0 Å². The van der Waals surface area contributed by atoms with Gasteiger partial charge in [-0.2, -0.15) is 0 Å². The van der Waals surface area contributed by atoms with Crippen LogP contribution in [0.4, 0.5) is 0 Å². The predicted octanol–water partition coefficient (Wildman–Crippen LogP) is 4.25. The van der Waals surface area contributed by atoms with Crippen molar-refractivity contribution in [3.63, 3.8) is 0 Å². The van der Waals surface area contributed by atoms with Gasteiger partial charge in [0.1, 0.15) is 11.3 Å². The molecule has 0 bridgehead atoms. The normalized spacial score (nSPS) is 22.8. The van der Waals surface area contributed by atoms with Gasteiger partial charge in [-0.3, -0.25) is 0 Å². The highest BCUT2D eigenvalue weighted by atomic mass is 16.5. The number of ether oxygens (including phenoxy) is 1. The zero-order valence-corrected chi connectivity index (χ0v) is 13.0. The average molecular weight is 287 g/mol. The van der Waals surface area contributed by atoms with Crippen LogP contribution in [0.2, 0.25) is 0 Å². The molecule has 1 aromatic carbocycles. The molecule has 1 aromatic heterocycles. The van der Waals surface area contributed by atoms with Gasteiger partial charge in [-0.25, -0.2) is 0 Å². The summed E-state index contributed by atoms with van der Waals surface area (Å²) in [5.74, 6) is 1.86. The fraction of sp³-hybridized carbons (Fsp3) is 0.556. The van der Waals surface area contributed by atoms with E-state index in [2.05, 4.69) is 24.4 Å². The summed E-state index contributed by atoms with van der Waals surface area (Å²) in [4.78, 5) is 0. The third-order valence-corrected chi connectivity index (χ3v) is 4.55. The largest absolute Gasteiger partial charge is 0.459 e. The van der Waals surface area contributed by atoms with Crippen molar-refractivity contribution >= 4 is 11.0 Å². The van der Waals surface area contributed by atoms with Crippen molar-refractivity contribution in [1.82, 2.24) is 5.32 Å². The van der Waals surface area contributed by atoms with Gasteiger partial charge < -0.3 is 14.5 Å². The second-order valence-electron chi connectivity index (χ2n) is 6.22. The Morgan fingerprint density at radius 2 is 1.95 bits per heavy atom. The van der Waals surface area contributed by atoms with E-state index in [0.29, 0.717) is 12.7 Å². The third kappa shape index (κ3) is 3.30. The minimum Gasteiger partial charge on any atom is -0.459 e. The molecule has 21 heavy (non-hydrogen) atoms. The number of furan rings is 1. The van der Waals surface area contributed by atoms with E-state index in [9.17, 15) is 0 Å². The highest BCUT2D eigenvalue weighted by Gasteiger charge is 2.20. The van der Waals surface area contributed by atoms with Crippen molar-refractivity contribution < 1.29 is 9.15 Å². The number of hydrogen-bond donors (Lipinski definition) is 1. The Morgan fingerprint density at radius 3 is 2.71 bits per heavy atom. The Labute approximate surface area is 126 Å². The fourth-order valence-corrected chi connectivity index (χ4v) is 3.21. The van der Waals surface area contributed by atoms with E-state index in [1.54, 1.807) is 0 Å². The molecule has 1 heterocycles. The van der Waals surface area contributed by atoms with E-state index in [1.165, 1.54) is 36.6 Å². The zero-order chi connectivity index (χ0) is 14.7. The summed E-state index contributed by atoms with van der Waals surface area (Å²) in [6, 6.07) is 8.23. The van der Waals surface area contributed by atoms with Gasteiger partial charge in [0.15, 0.2) is 0 Å². The summed E-state index contributed by atoms with van der Waals surface area (Å²) in [5, 5.41) is 4.37. The zero-order valence-electron chi connectivity index (χ0n) is 13.0. The quantitative estimate of drug-likeness (QED) is 0.893. The molecule has 1 N–H and O–H groups in total. The van der Waals surface area contributed by atoms with Crippen LogP contribution in [0.15, 0.2) is 28.7 Å². The predicted molar refractivity (Wildman–Crippen MR) is 85.2 cm³/mol. The SMILES string of the molecule is CNCc1oc2ccccc2c1COC1CCC(C)CC1. The van der Waals surface area contributed by atoms with E-state index in [0.717, 1.165) is 23.8 Å². The van der Waals surface area contributed by atoms with Crippen LogP contribution in [-0.2, 0) is 17.9 Å². The van der Waals surface area contributed by atoms with E-state index < -0.39 is 0 Å². The fourth-order valence-electron chi connectivity index (χ4n) is 3.21. The Bertz CT molecular complexity index is 582. The molecule has 3 heteroatoms. The van der Waals surface area contributed by atoms with Crippen molar-refractivity contribution in [3.05, 3.63) is 35.6 Å². The molecule has 0 amide bonds. The number of hydrogen-bond acceptors (Lipinski definition) is 3. The second-order valence-corrected chi connectivity index (χ2v) is 6.22. The Balaban J connectivity index is 1.74. The van der Waals surface area contributed by atoms with Crippen LogP contribution in [0.25, 0.3) is 11.0 Å². The topological polar surface area (TPSA) is 34.4 Å². The van der Waals surface area contributed by atoms with Crippen LogP contribution in [0, 0.1) is 5.92 Å². The number of benzene rings is 1. The first-order chi connectivity index (χ1) is 10.3. The number of nitrogens with one attached hydrogen (secondary N) is 1. The minimum absolute atomic E-state index is 0.414. The molecule has 1 aliphatic carbocycles. The molecule has 0 saturated heterocycles. The van der Waals surface area contributed by atoms with E-state index in [1.807, 2.05) is 19.2 Å². The summed E-state index contributed by atoms with van der Waals surface area (Å²) < 4.78 is 12.1. The van der Waals surface area contributed by atoms with Crippen molar-refractivity contribution in [2.24, 2.45) is 5.92 Å². The minimum atomic E-state index is 0.414. The van der Waals surface area contributed by atoms with E-state index >= 15 is 0 Å². The van der Waals surface area contributed by atoms with Crippen molar-refractivity contribution in [3.8, 4) is 0 Å². The van der Waals surface area contributed by atoms with E-state index in [-0.39, 0.29) is 0 Å². The number of fused-ring (bicyclic) bond motifs is 1. The number of rotatable bonds is 5. The highest BCUT2D eigenvalue weighted by molar-refractivity contribution is 5.82. The van der Waals surface area contributed by atoms with Gasteiger partial charge in [0.2, 0.25) is 0 Å². The summed E-state index contributed by atoms with van der Waals surface area (Å²) in [5.41, 5.74) is 2.16. The van der Waals surface area contributed by atoms with Gasteiger partial charge in [0.05, 0.1) is 19.3 Å². The maximum Gasteiger partial charge on any atom is 0.134 e. The first-order valence-electron chi connectivity index (χ1n) is 8.03. The monoisotopic (exact) mass is 287 g/mol. The third-order valence-electron chi connectivity index (χ3n) is 4.55. The van der Waals surface area contributed by atoms with E-state index in [4.69, 9.17) is 9.15 Å². The van der Waals surface area contributed by atoms with Crippen LogP contribution in [-0.4, -0.2) is 13.2 Å². The molecule has 1 fully saturated rings. The number of para-hydroxylation sites is 1. The smallest absolute Gasteiger partial charge is 0.134 e. The molecule has 0 radical (unpaired) electrons. The molecular formula is C18H25NO2. The summed E-state index contributed by atoms with van der Waals surface area (Å²) in [6.45, 7) is 3.74. The maximum absolute atomic E-state index is 6.18. The Hall–Kier alpha value is -1.32. The first kappa shape index (κ1) is 14.6. The molecule has 1 aliphatic rings. The standard InChI is InChI=1S/C18H25NO2/c1-13-7-9-14(10-8-13)20-12-16-15-5-3-4-6-17(15)21-18(16)11-19-2/h3-6,13-14,19H,7-12H2,1-2H3. The van der Waals surface area contributed by atoms with Gasteiger partial charge in [-0.1, -0.05) is 25.1 Å². The van der Waals surface area contributed by atoms with Crippen LogP contribution in [0.5, 0.6) is 0 Å². The molecular weight excluding hydrogens is 262 g/mol. The lowest BCUT2D eigenvalue weighted by Crippen LogP contribution is -2.20. The average Bonchev–Trinajstić information content (AvgIpc) is 2.85. The van der Waals surface area contributed by atoms with Crippen LogP contribution in [0.3, 0.4) is 0 Å². The Morgan fingerprint density at radius 1 is 1.19 bits per heavy atom. The molecule has 0 unspecified atom stereocenters. The van der Waals surface area contributed by atoms with Gasteiger partial charge >= 0.3 is 0 Å². The van der Waals surface area contributed by atoms with Gasteiger partial charge in [-0.15, -0.1) is 0 Å². The second kappa shape index (κ2) is 6.63.